The van der Waals surface area contributed by atoms with Crippen molar-refractivity contribution in [1.82, 2.24) is 4.57 Å². The minimum absolute atomic E-state index is 1.12. The molecular weight excluding hydrogens is 601 g/mol. The molecule has 2 heterocycles. The maximum absolute atomic E-state index is 3.92. The Bertz CT molecular complexity index is 2710. The maximum atomic E-state index is 3.92. The van der Waals surface area contributed by atoms with Crippen molar-refractivity contribution in [2.75, 3.05) is 4.90 Å². The van der Waals surface area contributed by atoms with Crippen LogP contribution in [0.5, 0.6) is 0 Å². The van der Waals surface area contributed by atoms with Crippen LogP contribution >= 0.6 is 11.3 Å². The highest BCUT2D eigenvalue weighted by molar-refractivity contribution is 7.19. The van der Waals surface area contributed by atoms with Crippen molar-refractivity contribution >= 4 is 87.9 Å². The lowest BCUT2D eigenvalue weighted by atomic mass is 9.99. The molecule has 9 aromatic rings. The average Bonchev–Trinajstić information content (AvgIpc) is 3.64. The zero-order chi connectivity index (χ0) is 32.2. The summed E-state index contributed by atoms with van der Waals surface area (Å²) in [5.41, 5.74) is 8.20. The molecule has 0 spiro atoms. The second-order valence-corrected chi connectivity index (χ2v) is 13.5. The number of fused-ring (bicyclic) bond motifs is 7. The van der Waals surface area contributed by atoms with E-state index in [0.29, 0.717) is 0 Å². The van der Waals surface area contributed by atoms with Crippen LogP contribution in [-0.2, 0) is 0 Å². The summed E-state index contributed by atoms with van der Waals surface area (Å²) >= 11 is 1.84. The van der Waals surface area contributed by atoms with Gasteiger partial charge < -0.3 is 9.47 Å². The fraction of sp³-hybridized carbons (Fsp3) is 0.0222. The Hall–Kier alpha value is -5.90. The van der Waals surface area contributed by atoms with Crippen molar-refractivity contribution in [3.8, 4) is 5.69 Å². The van der Waals surface area contributed by atoms with Crippen LogP contribution in [0.2, 0.25) is 0 Å². The number of thiophene rings is 1. The summed E-state index contributed by atoms with van der Waals surface area (Å²) in [5, 5.41) is 8.70. The zero-order valence-corrected chi connectivity index (χ0v) is 27.4. The summed E-state index contributed by atoms with van der Waals surface area (Å²) in [6, 6.07) is 53.2. The van der Waals surface area contributed by atoms with Crippen molar-refractivity contribution in [1.29, 1.82) is 0 Å². The highest BCUT2D eigenvalue weighted by atomic mass is 32.1. The van der Waals surface area contributed by atoms with Gasteiger partial charge in [0.2, 0.25) is 0 Å². The molecule has 0 saturated heterocycles. The SMILES string of the molecule is C=C/C=C\c1c(C)sc2ccc(N(c3ccc4c(c3)c3ccccc3n4-c3ccccc3)c3cccc4c3ccc3ccccc34)cc12. The van der Waals surface area contributed by atoms with Gasteiger partial charge in [0.25, 0.3) is 0 Å². The number of rotatable bonds is 6. The molecule has 0 atom stereocenters. The highest BCUT2D eigenvalue weighted by Crippen LogP contribution is 2.45. The van der Waals surface area contributed by atoms with Crippen LogP contribution in [0.1, 0.15) is 10.4 Å². The molecule has 9 rings (SSSR count). The van der Waals surface area contributed by atoms with Crippen molar-refractivity contribution in [3.63, 3.8) is 0 Å². The van der Waals surface area contributed by atoms with E-state index in [0.717, 1.165) is 22.7 Å². The Morgan fingerprint density at radius 1 is 0.583 bits per heavy atom. The van der Waals surface area contributed by atoms with Gasteiger partial charge in [0.1, 0.15) is 0 Å². The first-order valence-corrected chi connectivity index (χ1v) is 17.1. The first-order valence-electron chi connectivity index (χ1n) is 16.3. The van der Waals surface area contributed by atoms with Crippen molar-refractivity contribution in [2.45, 2.75) is 6.92 Å². The molecule has 0 aliphatic heterocycles. The molecular formula is C45H32N2S. The van der Waals surface area contributed by atoms with E-state index in [1.807, 2.05) is 23.5 Å². The third-order valence-electron chi connectivity index (χ3n) is 9.49. The summed E-state index contributed by atoms with van der Waals surface area (Å²) in [7, 11) is 0. The molecule has 0 amide bonds. The van der Waals surface area contributed by atoms with E-state index in [9.17, 15) is 0 Å². The predicted octanol–water partition coefficient (Wildman–Crippen LogP) is 13.3. The normalized spacial score (nSPS) is 11.9. The van der Waals surface area contributed by atoms with Crippen LogP contribution in [-0.4, -0.2) is 4.57 Å². The molecule has 228 valence electrons. The van der Waals surface area contributed by atoms with E-state index in [1.165, 1.54) is 63.9 Å². The summed E-state index contributed by atoms with van der Waals surface area (Å²) in [6.45, 7) is 6.13. The molecule has 48 heavy (non-hydrogen) atoms. The Labute approximate surface area is 283 Å². The van der Waals surface area contributed by atoms with E-state index >= 15 is 0 Å². The highest BCUT2D eigenvalue weighted by Gasteiger charge is 2.20. The quantitative estimate of drug-likeness (QED) is 0.131. The molecule has 0 bridgehead atoms. The van der Waals surface area contributed by atoms with Crippen molar-refractivity contribution < 1.29 is 0 Å². The predicted molar refractivity (Wildman–Crippen MR) is 210 cm³/mol. The Balaban J connectivity index is 1.34. The van der Waals surface area contributed by atoms with Gasteiger partial charge in [-0.15, -0.1) is 11.3 Å². The van der Waals surface area contributed by atoms with Gasteiger partial charge in [0.15, 0.2) is 0 Å². The lowest BCUT2D eigenvalue weighted by molar-refractivity contribution is 1.18. The van der Waals surface area contributed by atoms with E-state index in [4.69, 9.17) is 0 Å². The van der Waals surface area contributed by atoms with Crippen LogP contribution in [0.25, 0.3) is 65.2 Å². The Kier molecular flexibility index (Phi) is 6.74. The molecule has 3 heteroatoms. The number of para-hydroxylation sites is 2. The number of aryl methyl sites for hydroxylation is 1. The van der Waals surface area contributed by atoms with Gasteiger partial charge in [0, 0.05) is 48.2 Å². The maximum Gasteiger partial charge on any atom is 0.0542 e. The minimum atomic E-state index is 1.12. The third kappa shape index (κ3) is 4.47. The zero-order valence-electron chi connectivity index (χ0n) is 26.6. The van der Waals surface area contributed by atoms with Crippen LogP contribution < -0.4 is 4.90 Å². The summed E-state index contributed by atoms with van der Waals surface area (Å²) in [6.07, 6.45) is 6.07. The van der Waals surface area contributed by atoms with Crippen molar-refractivity contribution in [3.05, 3.63) is 175 Å². The van der Waals surface area contributed by atoms with Crippen LogP contribution in [0.15, 0.2) is 164 Å². The molecule has 0 radical (unpaired) electrons. The van der Waals surface area contributed by atoms with Crippen molar-refractivity contribution in [2.24, 2.45) is 0 Å². The average molecular weight is 633 g/mol. The van der Waals surface area contributed by atoms with E-state index < -0.39 is 0 Å². The fourth-order valence-corrected chi connectivity index (χ4v) is 8.37. The lowest BCUT2D eigenvalue weighted by Crippen LogP contribution is -2.10. The Morgan fingerprint density at radius 3 is 2.15 bits per heavy atom. The monoisotopic (exact) mass is 632 g/mol. The van der Waals surface area contributed by atoms with Gasteiger partial charge in [-0.05, 0) is 89.3 Å². The standard InChI is InChI=1S/C45H32N2S/c1-3-4-16-35-30(2)48-45-27-24-34(29-41(35)45)46(42-21-12-19-37-36-17-9-8-13-31(36)22-25-39(37)42)33-23-26-44-40(28-33)38-18-10-11-20-43(38)47(44)32-14-6-5-7-15-32/h3-29H,1H2,2H3/b16-4-. The van der Waals surface area contributed by atoms with Gasteiger partial charge in [-0.25, -0.2) is 0 Å². The number of benzene rings is 7. The first kappa shape index (κ1) is 28.3. The topological polar surface area (TPSA) is 8.17 Å². The molecule has 0 aliphatic carbocycles. The number of hydrogen-bond acceptors (Lipinski definition) is 2. The molecule has 2 aromatic heterocycles. The third-order valence-corrected chi connectivity index (χ3v) is 10.6. The first-order chi connectivity index (χ1) is 23.7. The van der Waals surface area contributed by atoms with E-state index in [1.54, 1.807) is 0 Å². The van der Waals surface area contributed by atoms with Gasteiger partial charge in [-0.2, -0.15) is 0 Å². The number of nitrogens with zero attached hydrogens (tertiary/aromatic N) is 2. The molecule has 0 N–H and O–H groups in total. The summed E-state index contributed by atoms with van der Waals surface area (Å²) in [5.74, 6) is 0. The van der Waals surface area contributed by atoms with Crippen LogP contribution in [0.4, 0.5) is 17.1 Å². The van der Waals surface area contributed by atoms with Gasteiger partial charge >= 0.3 is 0 Å². The van der Waals surface area contributed by atoms with Crippen LogP contribution in [0.3, 0.4) is 0 Å². The van der Waals surface area contributed by atoms with Gasteiger partial charge in [-0.1, -0.05) is 110 Å². The summed E-state index contributed by atoms with van der Waals surface area (Å²) in [4.78, 5) is 3.75. The molecule has 2 nitrogen and oxygen atoms in total. The van der Waals surface area contributed by atoms with Crippen LogP contribution in [0, 0.1) is 6.92 Å². The molecule has 0 fully saturated rings. The number of allylic oxidation sites excluding steroid dienone is 2. The summed E-state index contributed by atoms with van der Waals surface area (Å²) < 4.78 is 3.66. The second kappa shape index (κ2) is 11.4. The Morgan fingerprint density at radius 2 is 1.29 bits per heavy atom. The molecule has 0 unspecified atom stereocenters. The van der Waals surface area contributed by atoms with Gasteiger partial charge in [0.05, 0.1) is 16.7 Å². The molecule has 7 aromatic carbocycles. The lowest BCUT2D eigenvalue weighted by Gasteiger charge is -2.27. The number of anilines is 3. The number of aromatic nitrogens is 1. The van der Waals surface area contributed by atoms with E-state index in [2.05, 4.69) is 175 Å². The van der Waals surface area contributed by atoms with E-state index in [-0.39, 0.29) is 0 Å². The second-order valence-electron chi connectivity index (χ2n) is 12.2. The fourth-order valence-electron chi connectivity index (χ4n) is 7.34. The minimum Gasteiger partial charge on any atom is -0.310 e. The van der Waals surface area contributed by atoms with Gasteiger partial charge in [-0.3, -0.25) is 0 Å². The smallest absolute Gasteiger partial charge is 0.0542 e. The number of hydrogen-bond donors (Lipinski definition) is 0. The largest absolute Gasteiger partial charge is 0.310 e. The molecule has 0 aliphatic rings. The molecule has 0 saturated carbocycles.